The molecule has 5 rings (SSSR count). The van der Waals surface area contributed by atoms with Crippen LogP contribution in [0.3, 0.4) is 0 Å². The standard InChI is InChI=1S/C24H22N6/c1-2-13-30-21-11-7-6-10-20(21)28-24(30)23-22(18-8-4-3-5-9-18)27-17-29(23)14-12-19-15-25-16-26-19/h2-11,15-17H,1,12-14H2,(H,25,26). The molecule has 0 spiro atoms. The number of nitrogens with one attached hydrogen (secondary N) is 1. The van der Waals surface area contributed by atoms with E-state index in [1.807, 2.05) is 55.0 Å². The predicted octanol–water partition coefficient (Wildman–Crippen LogP) is 4.72. The van der Waals surface area contributed by atoms with Crippen LogP contribution in [0.2, 0.25) is 0 Å². The SMILES string of the molecule is C=CCn1c(-c2c(-c3ccccc3)ncn2CCc2cnc[nH]2)nc2ccccc21. The van der Waals surface area contributed by atoms with Crippen molar-refractivity contribution >= 4 is 11.0 Å². The number of aromatic amines is 1. The van der Waals surface area contributed by atoms with Crippen LogP contribution in [-0.4, -0.2) is 29.1 Å². The number of para-hydroxylation sites is 2. The molecule has 0 radical (unpaired) electrons. The molecule has 0 atom stereocenters. The van der Waals surface area contributed by atoms with E-state index in [9.17, 15) is 0 Å². The van der Waals surface area contributed by atoms with Crippen molar-refractivity contribution in [1.82, 2.24) is 29.1 Å². The van der Waals surface area contributed by atoms with Crippen molar-refractivity contribution in [2.24, 2.45) is 0 Å². The fourth-order valence-electron chi connectivity index (χ4n) is 3.83. The molecule has 3 aromatic heterocycles. The number of H-pyrrole nitrogens is 1. The zero-order chi connectivity index (χ0) is 20.3. The van der Waals surface area contributed by atoms with E-state index in [1.165, 1.54) is 0 Å². The quantitative estimate of drug-likeness (QED) is 0.406. The van der Waals surface area contributed by atoms with Crippen molar-refractivity contribution in [3.63, 3.8) is 0 Å². The smallest absolute Gasteiger partial charge is 0.160 e. The minimum atomic E-state index is 0.676. The van der Waals surface area contributed by atoms with Gasteiger partial charge in [-0.1, -0.05) is 48.5 Å². The van der Waals surface area contributed by atoms with Crippen molar-refractivity contribution in [2.45, 2.75) is 19.5 Å². The van der Waals surface area contributed by atoms with Crippen molar-refractivity contribution < 1.29 is 0 Å². The third kappa shape index (κ3) is 3.22. The number of imidazole rings is 3. The largest absolute Gasteiger partial charge is 0.348 e. The van der Waals surface area contributed by atoms with Crippen LogP contribution in [0.5, 0.6) is 0 Å². The first-order chi connectivity index (χ1) is 14.8. The molecular weight excluding hydrogens is 372 g/mol. The van der Waals surface area contributed by atoms with Crippen molar-refractivity contribution in [1.29, 1.82) is 0 Å². The molecule has 30 heavy (non-hydrogen) atoms. The van der Waals surface area contributed by atoms with Gasteiger partial charge in [0, 0.05) is 37.0 Å². The molecule has 6 nitrogen and oxygen atoms in total. The number of benzene rings is 2. The predicted molar refractivity (Wildman–Crippen MR) is 119 cm³/mol. The number of fused-ring (bicyclic) bond motifs is 1. The molecule has 0 amide bonds. The molecule has 6 heteroatoms. The second-order valence-corrected chi connectivity index (χ2v) is 7.15. The summed E-state index contributed by atoms with van der Waals surface area (Å²) in [4.78, 5) is 17.1. The van der Waals surface area contributed by atoms with Crippen molar-refractivity contribution in [2.75, 3.05) is 0 Å². The van der Waals surface area contributed by atoms with Crippen LogP contribution >= 0.6 is 0 Å². The highest BCUT2D eigenvalue weighted by molar-refractivity contribution is 5.84. The summed E-state index contributed by atoms with van der Waals surface area (Å²) in [6.07, 6.45) is 8.22. The van der Waals surface area contributed by atoms with Gasteiger partial charge >= 0.3 is 0 Å². The van der Waals surface area contributed by atoms with Gasteiger partial charge in [0.15, 0.2) is 5.82 Å². The Morgan fingerprint density at radius 3 is 2.67 bits per heavy atom. The van der Waals surface area contributed by atoms with Gasteiger partial charge in [-0.25, -0.2) is 15.0 Å². The van der Waals surface area contributed by atoms with Crippen molar-refractivity contribution in [3.05, 3.63) is 91.8 Å². The molecule has 0 saturated heterocycles. The number of hydrogen-bond donors (Lipinski definition) is 1. The van der Waals surface area contributed by atoms with E-state index in [1.54, 1.807) is 6.33 Å². The fourth-order valence-corrected chi connectivity index (χ4v) is 3.83. The summed E-state index contributed by atoms with van der Waals surface area (Å²) in [5.74, 6) is 0.900. The highest BCUT2D eigenvalue weighted by Crippen LogP contribution is 2.33. The maximum atomic E-state index is 5.00. The number of nitrogens with zero attached hydrogens (tertiary/aromatic N) is 5. The lowest BCUT2D eigenvalue weighted by Gasteiger charge is -2.12. The lowest BCUT2D eigenvalue weighted by molar-refractivity contribution is 0.686. The minimum absolute atomic E-state index is 0.676. The van der Waals surface area contributed by atoms with Crippen LogP contribution in [0, 0.1) is 0 Å². The molecule has 3 heterocycles. The Morgan fingerprint density at radius 1 is 1.03 bits per heavy atom. The average Bonchev–Trinajstić information content (AvgIpc) is 3.52. The molecule has 0 aliphatic rings. The van der Waals surface area contributed by atoms with Crippen LogP contribution < -0.4 is 0 Å². The Balaban J connectivity index is 1.69. The second-order valence-electron chi connectivity index (χ2n) is 7.15. The maximum Gasteiger partial charge on any atom is 0.160 e. The monoisotopic (exact) mass is 394 g/mol. The molecule has 0 aliphatic carbocycles. The Hall–Kier alpha value is -3.93. The molecule has 0 bridgehead atoms. The average molecular weight is 394 g/mol. The van der Waals surface area contributed by atoms with Gasteiger partial charge in [0.2, 0.25) is 0 Å². The molecule has 0 saturated carbocycles. The third-order valence-corrected chi connectivity index (χ3v) is 5.24. The van der Waals surface area contributed by atoms with E-state index in [0.717, 1.165) is 52.5 Å². The minimum Gasteiger partial charge on any atom is -0.348 e. The Kier molecular flexibility index (Phi) is 4.73. The molecule has 0 unspecified atom stereocenters. The van der Waals surface area contributed by atoms with Crippen LogP contribution in [-0.2, 0) is 19.5 Å². The number of aromatic nitrogens is 6. The Morgan fingerprint density at radius 2 is 1.87 bits per heavy atom. The molecule has 148 valence electrons. The molecule has 0 fully saturated rings. The first-order valence-electron chi connectivity index (χ1n) is 9.99. The normalized spacial score (nSPS) is 11.2. The van der Waals surface area contributed by atoms with Gasteiger partial charge in [-0.15, -0.1) is 6.58 Å². The van der Waals surface area contributed by atoms with E-state index in [2.05, 4.69) is 43.9 Å². The summed E-state index contributed by atoms with van der Waals surface area (Å²) in [6.45, 7) is 5.40. The number of allylic oxidation sites excluding steroid dienone is 1. The van der Waals surface area contributed by atoms with Gasteiger partial charge in [0.1, 0.15) is 5.69 Å². The lowest BCUT2D eigenvalue weighted by Crippen LogP contribution is -2.07. The van der Waals surface area contributed by atoms with Gasteiger partial charge in [-0.05, 0) is 12.1 Å². The molecule has 1 N–H and O–H groups in total. The summed E-state index contributed by atoms with van der Waals surface area (Å²) >= 11 is 0. The van der Waals surface area contributed by atoms with Gasteiger partial charge in [0.25, 0.3) is 0 Å². The summed E-state index contributed by atoms with van der Waals surface area (Å²) in [5.41, 5.74) is 6.17. The van der Waals surface area contributed by atoms with E-state index >= 15 is 0 Å². The molecule has 2 aromatic carbocycles. The first-order valence-corrected chi connectivity index (χ1v) is 9.99. The zero-order valence-electron chi connectivity index (χ0n) is 16.6. The molecule has 0 aliphatic heterocycles. The summed E-state index contributed by atoms with van der Waals surface area (Å²) < 4.78 is 4.39. The van der Waals surface area contributed by atoms with Crippen LogP contribution in [0.1, 0.15) is 5.69 Å². The number of aryl methyl sites for hydroxylation is 2. The number of hydrogen-bond acceptors (Lipinski definition) is 3. The molecule has 5 aromatic rings. The van der Waals surface area contributed by atoms with Crippen LogP contribution in [0.4, 0.5) is 0 Å². The van der Waals surface area contributed by atoms with E-state index in [0.29, 0.717) is 6.54 Å². The second kappa shape index (κ2) is 7.83. The highest BCUT2D eigenvalue weighted by Gasteiger charge is 2.21. The Bertz CT molecular complexity index is 1280. The zero-order valence-corrected chi connectivity index (χ0v) is 16.6. The van der Waals surface area contributed by atoms with Gasteiger partial charge < -0.3 is 14.1 Å². The first kappa shape index (κ1) is 18.1. The maximum absolute atomic E-state index is 5.00. The molecular formula is C24H22N6. The van der Waals surface area contributed by atoms with Crippen molar-refractivity contribution in [3.8, 4) is 22.8 Å². The highest BCUT2D eigenvalue weighted by atomic mass is 15.1. The van der Waals surface area contributed by atoms with Gasteiger partial charge in [-0.2, -0.15) is 0 Å². The summed E-state index contributed by atoms with van der Waals surface area (Å²) in [5, 5.41) is 0. The summed E-state index contributed by atoms with van der Waals surface area (Å²) in [6, 6.07) is 18.5. The van der Waals surface area contributed by atoms with E-state index in [-0.39, 0.29) is 0 Å². The van der Waals surface area contributed by atoms with Gasteiger partial charge in [-0.3, -0.25) is 0 Å². The lowest BCUT2D eigenvalue weighted by atomic mass is 10.1. The van der Waals surface area contributed by atoms with E-state index in [4.69, 9.17) is 9.97 Å². The Labute approximate surface area is 174 Å². The van der Waals surface area contributed by atoms with Gasteiger partial charge in [0.05, 0.1) is 29.4 Å². The van der Waals surface area contributed by atoms with E-state index < -0.39 is 0 Å². The van der Waals surface area contributed by atoms with Crippen LogP contribution in [0.25, 0.3) is 33.8 Å². The number of rotatable bonds is 7. The third-order valence-electron chi connectivity index (χ3n) is 5.24. The topological polar surface area (TPSA) is 64.3 Å². The summed E-state index contributed by atoms with van der Waals surface area (Å²) in [7, 11) is 0. The van der Waals surface area contributed by atoms with Crippen LogP contribution in [0.15, 0.2) is 86.1 Å². The fraction of sp³-hybridized carbons (Fsp3) is 0.125.